The molecule has 0 spiro atoms. The van der Waals surface area contributed by atoms with Gasteiger partial charge in [-0.1, -0.05) is 60.9 Å². The first kappa shape index (κ1) is 33.6. The van der Waals surface area contributed by atoms with E-state index in [1.54, 1.807) is 13.0 Å². The number of hydrogen-bond donors (Lipinski definition) is 4. The molecule has 0 aliphatic carbocycles. The summed E-state index contributed by atoms with van der Waals surface area (Å²) in [6.45, 7) is 30.9. The molecule has 4 nitrogen and oxygen atoms in total. The van der Waals surface area contributed by atoms with Crippen molar-refractivity contribution in [1.82, 2.24) is 0 Å². The number of aliphatic hydroxyl groups excluding tert-OH is 3. The Hall–Kier alpha value is -1.93. The highest BCUT2D eigenvalue weighted by Crippen LogP contribution is 2.22. The summed E-state index contributed by atoms with van der Waals surface area (Å²) in [6, 6.07) is 0. The first-order valence-corrected chi connectivity index (χ1v) is 9.65. The predicted molar refractivity (Wildman–Crippen MR) is 131 cm³/mol. The molecule has 0 aromatic carbocycles. The van der Waals surface area contributed by atoms with Crippen molar-refractivity contribution in [3.05, 3.63) is 72.6 Å². The average molecular weight is 414 g/mol. The zero-order chi connectivity index (χ0) is 23.9. The summed E-state index contributed by atoms with van der Waals surface area (Å²) in [5, 5.41) is 25.9. The van der Waals surface area contributed by atoms with E-state index in [9.17, 15) is 0 Å². The SMILES string of the molecule is C=C(O)/C=C\C(C(=C)C)=C(\C)N.C=C(O)C(C)(C)C.C=C(O)C(C)(C)P.CC. The zero-order valence-corrected chi connectivity index (χ0v) is 20.6. The van der Waals surface area contributed by atoms with Crippen LogP contribution in [0.25, 0.3) is 0 Å². The molecule has 0 aliphatic rings. The van der Waals surface area contributed by atoms with Crippen LogP contribution in [0.5, 0.6) is 0 Å². The van der Waals surface area contributed by atoms with Crippen LogP contribution in [0.2, 0.25) is 0 Å². The van der Waals surface area contributed by atoms with Gasteiger partial charge < -0.3 is 21.1 Å². The summed E-state index contributed by atoms with van der Waals surface area (Å²) < 4.78 is 0. The third kappa shape index (κ3) is 24.1. The van der Waals surface area contributed by atoms with Crippen molar-refractivity contribution in [2.45, 2.75) is 67.5 Å². The lowest BCUT2D eigenvalue weighted by Crippen LogP contribution is -2.10. The van der Waals surface area contributed by atoms with E-state index >= 15 is 0 Å². The van der Waals surface area contributed by atoms with E-state index < -0.39 is 0 Å². The molecule has 164 valence electrons. The Bertz CT molecular complexity index is 544. The Labute approximate surface area is 176 Å². The normalized spacial score (nSPS) is 11.4. The monoisotopic (exact) mass is 413 g/mol. The fourth-order valence-electron chi connectivity index (χ4n) is 0.790. The van der Waals surface area contributed by atoms with Crippen LogP contribution in [0.15, 0.2) is 72.6 Å². The fraction of sp³-hybridized carbons (Fsp3) is 0.478. The Kier molecular flexibility index (Phi) is 19.3. The van der Waals surface area contributed by atoms with Gasteiger partial charge in [0.05, 0.1) is 11.5 Å². The van der Waals surface area contributed by atoms with Crippen LogP contribution < -0.4 is 5.73 Å². The van der Waals surface area contributed by atoms with Crippen molar-refractivity contribution >= 4 is 9.24 Å². The summed E-state index contributed by atoms with van der Waals surface area (Å²) in [4.78, 5) is 0. The molecule has 0 rings (SSSR count). The summed E-state index contributed by atoms with van der Waals surface area (Å²) in [7, 11) is 2.48. The molecule has 0 amide bonds. The van der Waals surface area contributed by atoms with Crippen LogP contribution >= 0.6 is 9.24 Å². The quantitative estimate of drug-likeness (QED) is 0.222. The maximum Gasteiger partial charge on any atom is 0.108 e. The molecule has 0 saturated heterocycles. The minimum atomic E-state index is -0.222. The van der Waals surface area contributed by atoms with E-state index in [4.69, 9.17) is 21.1 Å². The highest BCUT2D eigenvalue weighted by molar-refractivity contribution is 7.19. The van der Waals surface area contributed by atoms with Crippen LogP contribution in [0, 0.1) is 5.41 Å². The molecule has 0 aromatic heterocycles. The largest absolute Gasteiger partial charge is 0.512 e. The first-order chi connectivity index (χ1) is 12.3. The standard InChI is InChI=1S/C10H15NO.C6H12O.C5H11OP.C2H6/c1-7(2)10(9(4)11)6-5-8(3)12;1-5(7)6(2,3)4;1-4(6)5(2,3)7;1-2/h5-6,12H,1,3,11H2,2,4H3;7H,1H2,2-4H3;6H,1,7H2,2-3H3;1-2H3/b6-5-,10-9+;;;. The lowest BCUT2D eigenvalue weighted by atomic mass is 9.95. The van der Waals surface area contributed by atoms with Crippen molar-refractivity contribution in [2.75, 3.05) is 0 Å². The van der Waals surface area contributed by atoms with Crippen LogP contribution in [0.1, 0.15) is 62.3 Å². The second-order valence-electron chi connectivity index (χ2n) is 7.57. The molecule has 0 heterocycles. The molecule has 0 aliphatic heterocycles. The average Bonchev–Trinajstić information content (AvgIpc) is 2.47. The summed E-state index contributed by atoms with van der Waals surface area (Å²) in [5.41, 5.74) is 7.83. The van der Waals surface area contributed by atoms with E-state index in [0.717, 1.165) is 11.1 Å². The molecular formula is C23H44NO3P. The van der Waals surface area contributed by atoms with Crippen molar-refractivity contribution in [3.63, 3.8) is 0 Å². The molecule has 0 radical (unpaired) electrons. The Morgan fingerprint density at radius 1 is 0.821 bits per heavy atom. The zero-order valence-electron chi connectivity index (χ0n) is 19.5. The molecule has 28 heavy (non-hydrogen) atoms. The minimum Gasteiger partial charge on any atom is -0.512 e. The number of allylic oxidation sites excluding steroid dienone is 7. The van der Waals surface area contributed by atoms with Gasteiger partial charge in [-0.15, -0.1) is 9.24 Å². The number of nitrogens with two attached hydrogens (primary N) is 1. The van der Waals surface area contributed by atoms with Crippen molar-refractivity contribution in [2.24, 2.45) is 11.1 Å². The maximum absolute atomic E-state index is 8.79. The predicted octanol–water partition coefficient (Wildman–Crippen LogP) is 7.27. The van der Waals surface area contributed by atoms with Gasteiger partial charge in [0.2, 0.25) is 0 Å². The molecule has 1 unspecified atom stereocenters. The molecule has 0 fully saturated rings. The van der Waals surface area contributed by atoms with Gasteiger partial charge in [0, 0.05) is 16.3 Å². The highest BCUT2D eigenvalue weighted by atomic mass is 31.0. The smallest absolute Gasteiger partial charge is 0.108 e. The van der Waals surface area contributed by atoms with Crippen molar-refractivity contribution < 1.29 is 15.3 Å². The maximum atomic E-state index is 8.79. The Morgan fingerprint density at radius 2 is 1.11 bits per heavy atom. The second kappa shape index (κ2) is 16.1. The van der Waals surface area contributed by atoms with Gasteiger partial charge in [-0.25, -0.2) is 0 Å². The van der Waals surface area contributed by atoms with E-state index in [-0.39, 0.29) is 27.8 Å². The third-order valence-electron chi connectivity index (χ3n) is 2.94. The van der Waals surface area contributed by atoms with Gasteiger partial charge in [-0.2, -0.15) is 0 Å². The van der Waals surface area contributed by atoms with E-state index in [2.05, 4.69) is 35.6 Å². The van der Waals surface area contributed by atoms with Gasteiger partial charge in [0.15, 0.2) is 0 Å². The molecule has 5 heteroatoms. The lowest BCUT2D eigenvalue weighted by molar-refractivity contribution is 0.280. The Morgan fingerprint density at radius 3 is 1.21 bits per heavy atom. The Balaban J connectivity index is -0.000000156. The molecule has 5 N–H and O–H groups in total. The van der Waals surface area contributed by atoms with Crippen LogP contribution in [-0.4, -0.2) is 20.5 Å². The van der Waals surface area contributed by atoms with Gasteiger partial charge in [-0.05, 0) is 51.0 Å². The van der Waals surface area contributed by atoms with E-state index in [0.29, 0.717) is 5.70 Å². The van der Waals surface area contributed by atoms with Crippen LogP contribution in [-0.2, 0) is 0 Å². The molecular weight excluding hydrogens is 369 g/mol. The van der Waals surface area contributed by atoms with Gasteiger partial charge in [-0.3, -0.25) is 0 Å². The third-order valence-corrected chi connectivity index (χ3v) is 3.27. The van der Waals surface area contributed by atoms with Crippen LogP contribution in [0.4, 0.5) is 0 Å². The van der Waals surface area contributed by atoms with Crippen LogP contribution in [0.3, 0.4) is 0 Å². The summed E-state index contributed by atoms with van der Waals surface area (Å²) in [5.74, 6) is 0.458. The molecule has 0 bridgehead atoms. The minimum absolute atomic E-state index is 0.00926. The highest BCUT2D eigenvalue weighted by Gasteiger charge is 2.12. The first-order valence-electron chi connectivity index (χ1n) is 9.07. The molecule has 0 saturated carbocycles. The number of aliphatic hydroxyl groups is 3. The molecule has 0 aromatic rings. The lowest BCUT2D eigenvalue weighted by Gasteiger charge is -2.14. The van der Waals surface area contributed by atoms with E-state index in [1.807, 2.05) is 55.4 Å². The van der Waals surface area contributed by atoms with Crippen molar-refractivity contribution in [3.8, 4) is 0 Å². The topological polar surface area (TPSA) is 86.7 Å². The van der Waals surface area contributed by atoms with Gasteiger partial charge >= 0.3 is 0 Å². The second-order valence-corrected chi connectivity index (χ2v) is 9.01. The number of hydrogen-bond acceptors (Lipinski definition) is 4. The summed E-state index contributed by atoms with van der Waals surface area (Å²) >= 11 is 0. The molecule has 1 atom stereocenters. The fourth-order valence-corrected chi connectivity index (χ4v) is 0.790. The van der Waals surface area contributed by atoms with Gasteiger partial charge in [0.25, 0.3) is 0 Å². The van der Waals surface area contributed by atoms with Gasteiger partial charge in [0.1, 0.15) is 5.76 Å². The number of rotatable bonds is 4. The summed E-state index contributed by atoms with van der Waals surface area (Å²) in [6.07, 6.45) is 3.18. The van der Waals surface area contributed by atoms with E-state index in [1.165, 1.54) is 6.08 Å². The van der Waals surface area contributed by atoms with Crippen molar-refractivity contribution in [1.29, 1.82) is 0 Å².